The molecule has 3 rings (SSSR count). The molecule has 4 nitrogen and oxygen atoms in total. The highest BCUT2D eigenvalue weighted by molar-refractivity contribution is 7.17. The lowest BCUT2D eigenvalue weighted by molar-refractivity contribution is 0.1000. The van der Waals surface area contributed by atoms with Crippen molar-refractivity contribution in [2.45, 2.75) is 39.5 Å². The zero-order valence-electron chi connectivity index (χ0n) is 14.0. The third-order valence-corrected chi connectivity index (χ3v) is 5.78. The van der Waals surface area contributed by atoms with Crippen molar-refractivity contribution in [3.63, 3.8) is 0 Å². The SMILES string of the molecule is CCc1ccc(C(=O)Nc2sc3c(c2C(N)=O)CCC(C)C3)cc1. The van der Waals surface area contributed by atoms with Crippen LogP contribution in [-0.4, -0.2) is 11.8 Å². The van der Waals surface area contributed by atoms with Crippen molar-refractivity contribution in [1.82, 2.24) is 0 Å². The molecule has 0 radical (unpaired) electrons. The summed E-state index contributed by atoms with van der Waals surface area (Å²) in [6.07, 6.45) is 3.78. The van der Waals surface area contributed by atoms with Crippen molar-refractivity contribution in [3.05, 3.63) is 51.4 Å². The Balaban J connectivity index is 1.88. The number of hydrogen-bond acceptors (Lipinski definition) is 3. The summed E-state index contributed by atoms with van der Waals surface area (Å²) in [6, 6.07) is 7.53. The summed E-state index contributed by atoms with van der Waals surface area (Å²) >= 11 is 1.49. The summed E-state index contributed by atoms with van der Waals surface area (Å²) in [6.45, 7) is 4.28. The Labute approximate surface area is 146 Å². The summed E-state index contributed by atoms with van der Waals surface area (Å²) in [5.41, 5.74) is 8.89. The van der Waals surface area contributed by atoms with Crippen molar-refractivity contribution in [2.24, 2.45) is 11.7 Å². The molecule has 1 atom stereocenters. The molecule has 5 heteroatoms. The first-order valence-electron chi connectivity index (χ1n) is 8.34. The minimum Gasteiger partial charge on any atom is -0.365 e. The number of hydrogen-bond donors (Lipinski definition) is 2. The Morgan fingerprint density at radius 3 is 2.62 bits per heavy atom. The fourth-order valence-corrected chi connectivity index (χ4v) is 4.58. The largest absolute Gasteiger partial charge is 0.365 e. The molecule has 0 saturated carbocycles. The van der Waals surface area contributed by atoms with E-state index in [0.717, 1.165) is 31.2 Å². The highest BCUT2D eigenvalue weighted by Crippen LogP contribution is 2.39. The van der Waals surface area contributed by atoms with Crippen LogP contribution in [0.1, 0.15) is 57.0 Å². The molecule has 1 aromatic carbocycles. The maximum Gasteiger partial charge on any atom is 0.256 e. The van der Waals surface area contributed by atoms with E-state index in [9.17, 15) is 9.59 Å². The molecule has 0 saturated heterocycles. The summed E-state index contributed by atoms with van der Waals surface area (Å²) in [7, 11) is 0. The highest BCUT2D eigenvalue weighted by atomic mass is 32.1. The molecule has 1 heterocycles. The van der Waals surface area contributed by atoms with Gasteiger partial charge in [-0.3, -0.25) is 9.59 Å². The van der Waals surface area contributed by atoms with Gasteiger partial charge in [-0.2, -0.15) is 0 Å². The second-order valence-electron chi connectivity index (χ2n) is 6.42. The van der Waals surface area contributed by atoms with Crippen LogP contribution in [0, 0.1) is 5.92 Å². The number of amides is 2. The highest BCUT2D eigenvalue weighted by Gasteiger charge is 2.27. The van der Waals surface area contributed by atoms with E-state index in [2.05, 4.69) is 19.2 Å². The lowest BCUT2D eigenvalue weighted by Gasteiger charge is -2.18. The average molecular weight is 342 g/mol. The zero-order chi connectivity index (χ0) is 17.3. The van der Waals surface area contributed by atoms with Crippen LogP contribution in [0.5, 0.6) is 0 Å². The van der Waals surface area contributed by atoms with Gasteiger partial charge in [0.05, 0.1) is 5.56 Å². The van der Waals surface area contributed by atoms with Crippen LogP contribution in [0.3, 0.4) is 0 Å². The molecule has 1 aliphatic rings. The number of rotatable bonds is 4. The molecule has 1 aromatic heterocycles. The standard InChI is InChI=1S/C19H22N2O2S/c1-3-12-5-7-13(8-6-12)18(23)21-19-16(17(20)22)14-9-4-11(2)10-15(14)24-19/h5-8,11H,3-4,9-10H2,1-2H3,(H2,20,22)(H,21,23). The summed E-state index contributed by atoms with van der Waals surface area (Å²) in [5, 5.41) is 3.49. The topological polar surface area (TPSA) is 72.2 Å². The van der Waals surface area contributed by atoms with E-state index in [1.165, 1.54) is 21.8 Å². The van der Waals surface area contributed by atoms with E-state index < -0.39 is 5.91 Å². The number of benzene rings is 1. The van der Waals surface area contributed by atoms with Crippen LogP contribution in [0.25, 0.3) is 0 Å². The first-order valence-corrected chi connectivity index (χ1v) is 9.15. The first kappa shape index (κ1) is 16.7. The summed E-state index contributed by atoms with van der Waals surface area (Å²) in [5.74, 6) is -0.0625. The number of anilines is 1. The first-order chi connectivity index (χ1) is 11.5. The van der Waals surface area contributed by atoms with Gasteiger partial charge in [0.2, 0.25) is 0 Å². The molecule has 0 spiro atoms. The van der Waals surface area contributed by atoms with Gasteiger partial charge in [-0.15, -0.1) is 11.3 Å². The van der Waals surface area contributed by atoms with E-state index in [1.807, 2.05) is 24.3 Å². The van der Waals surface area contributed by atoms with Gasteiger partial charge < -0.3 is 11.1 Å². The molecule has 0 aliphatic heterocycles. The van der Waals surface area contributed by atoms with Crippen molar-refractivity contribution >= 4 is 28.2 Å². The number of nitrogens with one attached hydrogen (secondary N) is 1. The van der Waals surface area contributed by atoms with E-state index in [4.69, 9.17) is 5.73 Å². The predicted molar refractivity (Wildman–Crippen MR) is 97.8 cm³/mol. The number of fused-ring (bicyclic) bond motifs is 1. The molecular formula is C19H22N2O2S. The smallest absolute Gasteiger partial charge is 0.256 e. The van der Waals surface area contributed by atoms with Crippen molar-refractivity contribution in [1.29, 1.82) is 0 Å². The van der Waals surface area contributed by atoms with Crippen LogP contribution in [0.2, 0.25) is 0 Å². The van der Waals surface area contributed by atoms with Gasteiger partial charge >= 0.3 is 0 Å². The number of nitrogens with two attached hydrogens (primary N) is 1. The fourth-order valence-electron chi connectivity index (χ4n) is 3.17. The Morgan fingerprint density at radius 1 is 1.29 bits per heavy atom. The zero-order valence-corrected chi connectivity index (χ0v) is 14.8. The van der Waals surface area contributed by atoms with Crippen molar-refractivity contribution in [2.75, 3.05) is 5.32 Å². The molecule has 126 valence electrons. The monoisotopic (exact) mass is 342 g/mol. The Bertz CT molecular complexity index is 777. The number of carbonyl (C=O) groups excluding carboxylic acids is 2. The normalized spacial score (nSPS) is 16.5. The van der Waals surface area contributed by atoms with Gasteiger partial charge in [-0.25, -0.2) is 0 Å². The molecule has 24 heavy (non-hydrogen) atoms. The van der Waals surface area contributed by atoms with Crippen molar-refractivity contribution < 1.29 is 9.59 Å². The molecule has 2 aromatic rings. The number of carbonyl (C=O) groups is 2. The Kier molecular flexibility index (Phi) is 4.71. The van der Waals surface area contributed by atoms with Gasteiger partial charge in [-0.05, 0) is 54.9 Å². The van der Waals surface area contributed by atoms with E-state index in [-0.39, 0.29) is 5.91 Å². The molecule has 0 bridgehead atoms. The summed E-state index contributed by atoms with van der Waals surface area (Å²) in [4.78, 5) is 25.6. The second-order valence-corrected chi connectivity index (χ2v) is 7.53. The average Bonchev–Trinajstić information content (AvgIpc) is 2.91. The van der Waals surface area contributed by atoms with E-state index in [0.29, 0.717) is 22.0 Å². The van der Waals surface area contributed by atoms with E-state index in [1.54, 1.807) is 0 Å². The lowest BCUT2D eigenvalue weighted by atomic mass is 9.88. The molecule has 2 amide bonds. The molecule has 0 fully saturated rings. The number of thiophene rings is 1. The number of aryl methyl sites for hydroxylation is 1. The van der Waals surface area contributed by atoms with Crippen molar-refractivity contribution in [3.8, 4) is 0 Å². The van der Waals surface area contributed by atoms with Crippen LogP contribution in [0.15, 0.2) is 24.3 Å². The fraction of sp³-hybridized carbons (Fsp3) is 0.368. The van der Waals surface area contributed by atoms with Gasteiger partial charge in [-0.1, -0.05) is 26.0 Å². The molecular weight excluding hydrogens is 320 g/mol. The van der Waals surface area contributed by atoms with Crippen LogP contribution in [-0.2, 0) is 19.3 Å². The van der Waals surface area contributed by atoms with E-state index >= 15 is 0 Å². The minimum absolute atomic E-state index is 0.202. The quantitative estimate of drug-likeness (QED) is 0.887. The van der Waals surface area contributed by atoms with Gasteiger partial charge in [0.25, 0.3) is 11.8 Å². The molecule has 3 N–H and O–H groups in total. The molecule has 1 unspecified atom stereocenters. The van der Waals surface area contributed by atoms with Gasteiger partial charge in [0.15, 0.2) is 0 Å². The van der Waals surface area contributed by atoms with Crippen LogP contribution < -0.4 is 11.1 Å². The van der Waals surface area contributed by atoms with Gasteiger partial charge in [0.1, 0.15) is 5.00 Å². The third-order valence-electron chi connectivity index (χ3n) is 4.61. The lowest BCUT2D eigenvalue weighted by Crippen LogP contribution is -2.19. The summed E-state index contributed by atoms with van der Waals surface area (Å²) < 4.78 is 0. The maximum absolute atomic E-state index is 12.5. The van der Waals surface area contributed by atoms with Crippen LogP contribution in [0.4, 0.5) is 5.00 Å². The minimum atomic E-state index is -0.460. The van der Waals surface area contributed by atoms with Gasteiger partial charge in [0, 0.05) is 10.4 Å². The Morgan fingerprint density at radius 2 is 2.00 bits per heavy atom. The molecule has 1 aliphatic carbocycles. The Hall–Kier alpha value is -2.14. The van der Waals surface area contributed by atoms with Crippen LogP contribution >= 0.6 is 11.3 Å². The number of primary amides is 1. The maximum atomic E-state index is 12.5. The predicted octanol–water partition coefficient (Wildman–Crippen LogP) is 3.79. The third kappa shape index (κ3) is 3.22. The second kappa shape index (κ2) is 6.77.